The average Bonchev–Trinajstić information content (AvgIpc) is 2.89. The molecule has 0 radical (unpaired) electrons. The number of nitrogens with zero attached hydrogens (tertiary/aromatic N) is 3. The van der Waals surface area contributed by atoms with Gasteiger partial charge in [0.2, 0.25) is 10.0 Å². The first-order chi connectivity index (χ1) is 17.2. The van der Waals surface area contributed by atoms with Crippen LogP contribution in [0.2, 0.25) is 5.02 Å². The minimum Gasteiger partial charge on any atom is -0.481 e. The fourth-order valence-electron chi connectivity index (χ4n) is 3.70. The highest BCUT2D eigenvalue weighted by molar-refractivity contribution is 7.89. The molecule has 9 heteroatoms. The zero-order valence-corrected chi connectivity index (χ0v) is 21.0. The summed E-state index contributed by atoms with van der Waals surface area (Å²) < 4.78 is 28.6. The van der Waals surface area contributed by atoms with Crippen LogP contribution in [-0.4, -0.2) is 33.8 Å². The summed E-state index contributed by atoms with van der Waals surface area (Å²) in [7, 11) is -3.89. The van der Waals surface area contributed by atoms with Gasteiger partial charge in [0.05, 0.1) is 10.8 Å². The van der Waals surface area contributed by atoms with Gasteiger partial charge in [0, 0.05) is 36.1 Å². The molecule has 0 aliphatic rings. The van der Waals surface area contributed by atoms with Crippen LogP contribution in [0, 0.1) is 0 Å². The number of carboxylic acids is 1. The van der Waals surface area contributed by atoms with Crippen molar-refractivity contribution in [3.8, 4) is 11.4 Å². The van der Waals surface area contributed by atoms with Crippen molar-refractivity contribution in [1.29, 1.82) is 0 Å². The van der Waals surface area contributed by atoms with Crippen LogP contribution in [0.1, 0.15) is 29.5 Å². The molecule has 0 spiro atoms. The standard InChI is InChI=1S/C27H24ClN3O4S/c1-19(27(32)33)23-5-2-4-21(16-23)18-31(36(34,35)25-12-10-24(28)11-13-25)17-20-6-8-22(9-7-20)26-29-14-3-15-30-26/h2-16,19H,17-18H2,1H3,(H,32,33). The number of carbonyl (C=O) groups is 1. The molecule has 1 N–H and O–H groups in total. The van der Waals surface area contributed by atoms with Crippen LogP contribution >= 0.6 is 11.6 Å². The zero-order valence-electron chi connectivity index (χ0n) is 19.5. The summed E-state index contributed by atoms with van der Waals surface area (Å²) in [4.78, 5) is 20.1. The Morgan fingerprint density at radius 1 is 0.917 bits per heavy atom. The van der Waals surface area contributed by atoms with E-state index in [1.54, 1.807) is 49.6 Å². The van der Waals surface area contributed by atoms with E-state index < -0.39 is 21.9 Å². The summed E-state index contributed by atoms with van der Waals surface area (Å²) in [6, 6.07) is 22.2. The Morgan fingerprint density at radius 3 is 2.19 bits per heavy atom. The molecule has 1 aromatic heterocycles. The van der Waals surface area contributed by atoms with Gasteiger partial charge in [-0.2, -0.15) is 4.31 Å². The van der Waals surface area contributed by atoms with Gasteiger partial charge in [-0.3, -0.25) is 4.79 Å². The minimum absolute atomic E-state index is 0.0642. The number of benzene rings is 3. The molecule has 0 aliphatic carbocycles. The van der Waals surface area contributed by atoms with Crippen LogP contribution in [0.4, 0.5) is 0 Å². The number of carboxylic acid groups (broad SMARTS) is 1. The lowest BCUT2D eigenvalue weighted by molar-refractivity contribution is -0.138. The third-order valence-corrected chi connectivity index (χ3v) is 7.83. The van der Waals surface area contributed by atoms with Crippen LogP contribution in [0.5, 0.6) is 0 Å². The Bertz CT molecular complexity index is 1440. The Balaban J connectivity index is 1.66. The number of sulfonamides is 1. The predicted octanol–water partition coefficient (Wildman–Crippen LogP) is 5.38. The number of rotatable bonds is 9. The van der Waals surface area contributed by atoms with Crippen LogP contribution in [-0.2, 0) is 27.9 Å². The maximum absolute atomic E-state index is 13.6. The largest absolute Gasteiger partial charge is 0.481 e. The number of aromatic nitrogens is 2. The lowest BCUT2D eigenvalue weighted by atomic mass is 9.99. The highest BCUT2D eigenvalue weighted by Gasteiger charge is 2.25. The summed E-state index contributed by atoms with van der Waals surface area (Å²) in [5.74, 6) is -1.07. The molecule has 4 aromatic rings. The Hall–Kier alpha value is -3.59. The Kier molecular flexibility index (Phi) is 7.79. The van der Waals surface area contributed by atoms with Crippen molar-refractivity contribution in [3.63, 3.8) is 0 Å². The molecule has 0 saturated heterocycles. The molecule has 1 unspecified atom stereocenters. The van der Waals surface area contributed by atoms with E-state index in [0.29, 0.717) is 22.0 Å². The number of halogens is 1. The maximum Gasteiger partial charge on any atom is 0.310 e. The second kappa shape index (κ2) is 11.0. The van der Waals surface area contributed by atoms with Crippen molar-refractivity contribution in [2.45, 2.75) is 30.8 Å². The fourth-order valence-corrected chi connectivity index (χ4v) is 5.24. The topological polar surface area (TPSA) is 100 Å². The third-order valence-electron chi connectivity index (χ3n) is 5.77. The summed E-state index contributed by atoms with van der Waals surface area (Å²) in [5.41, 5.74) is 2.90. The minimum atomic E-state index is -3.89. The lowest BCUT2D eigenvalue weighted by Gasteiger charge is -2.23. The van der Waals surface area contributed by atoms with Gasteiger partial charge >= 0.3 is 5.97 Å². The Morgan fingerprint density at radius 2 is 1.56 bits per heavy atom. The normalized spacial score (nSPS) is 12.4. The molecule has 1 atom stereocenters. The number of aliphatic carboxylic acids is 1. The second-order valence-corrected chi connectivity index (χ2v) is 10.7. The van der Waals surface area contributed by atoms with Gasteiger partial charge in [0.25, 0.3) is 0 Å². The lowest BCUT2D eigenvalue weighted by Crippen LogP contribution is -2.30. The quantitative estimate of drug-likeness (QED) is 0.317. The van der Waals surface area contributed by atoms with Gasteiger partial charge in [-0.05, 0) is 53.9 Å². The molecule has 1 heterocycles. The summed E-state index contributed by atoms with van der Waals surface area (Å²) in [5, 5.41) is 9.82. The van der Waals surface area contributed by atoms with E-state index in [0.717, 1.165) is 11.1 Å². The van der Waals surface area contributed by atoms with Gasteiger partial charge in [0.1, 0.15) is 0 Å². The maximum atomic E-state index is 13.6. The molecule has 0 bridgehead atoms. The molecule has 184 valence electrons. The molecular formula is C27H24ClN3O4S. The molecule has 0 amide bonds. The van der Waals surface area contributed by atoms with Gasteiger partial charge < -0.3 is 5.11 Å². The van der Waals surface area contributed by atoms with E-state index in [2.05, 4.69) is 9.97 Å². The Labute approximate surface area is 215 Å². The van der Waals surface area contributed by atoms with E-state index >= 15 is 0 Å². The second-order valence-electron chi connectivity index (χ2n) is 8.30. The van der Waals surface area contributed by atoms with Gasteiger partial charge in [-0.1, -0.05) is 60.1 Å². The van der Waals surface area contributed by atoms with Crippen molar-refractivity contribution < 1.29 is 18.3 Å². The molecule has 3 aromatic carbocycles. The molecule has 36 heavy (non-hydrogen) atoms. The molecule has 0 fully saturated rings. The predicted molar refractivity (Wildman–Crippen MR) is 138 cm³/mol. The van der Waals surface area contributed by atoms with Crippen molar-refractivity contribution >= 4 is 27.6 Å². The van der Waals surface area contributed by atoms with Crippen molar-refractivity contribution in [2.24, 2.45) is 0 Å². The SMILES string of the molecule is CC(C(=O)O)c1cccc(CN(Cc2ccc(-c3ncccn3)cc2)S(=O)(=O)c2ccc(Cl)cc2)c1. The van der Waals surface area contributed by atoms with Gasteiger partial charge in [0.15, 0.2) is 5.82 Å². The number of hydrogen-bond donors (Lipinski definition) is 1. The van der Waals surface area contributed by atoms with Crippen LogP contribution in [0.3, 0.4) is 0 Å². The van der Waals surface area contributed by atoms with Crippen molar-refractivity contribution in [3.05, 3.63) is 113 Å². The van der Waals surface area contributed by atoms with Crippen LogP contribution < -0.4 is 0 Å². The molecule has 4 rings (SSSR count). The molecular weight excluding hydrogens is 498 g/mol. The average molecular weight is 522 g/mol. The number of hydrogen-bond acceptors (Lipinski definition) is 5. The first kappa shape index (κ1) is 25.5. The molecule has 0 aliphatic heterocycles. The van der Waals surface area contributed by atoms with Crippen molar-refractivity contribution in [1.82, 2.24) is 14.3 Å². The molecule has 0 saturated carbocycles. The van der Waals surface area contributed by atoms with E-state index in [4.69, 9.17) is 11.6 Å². The van der Waals surface area contributed by atoms with E-state index in [9.17, 15) is 18.3 Å². The van der Waals surface area contributed by atoms with E-state index in [1.165, 1.54) is 28.6 Å². The third kappa shape index (κ3) is 5.96. The monoisotopic (exact) mass is 521 g/mol. The summed E-state index contributed by atoms with van der Waals surface area (Å²) in [6.07, 6.45) is 3.33. The summed E-state index contributed by atoms with van der Waals surface area (Å²) >= 11 is 5.97. The van der Waals surface area contributed by atoms with Crippen LogP contribution in [0.15, 0.2) is 96.2 Å². The van der Waals surface area contributed by atoms with Gasteiger partial charge in [-0.25, -0.2) is 18.4 Å². The van der Waals surface area contributed by atoms with Crippen molar-refractivity contribution in [2.75, 3.05) is 0 Å². The first-order valence-electron chi connectivity index (χ1n) is 11.2. The highest BCUT2D eigenvalue weighted by Crippen LogP contribution is 2.25. The smallest absolute Gasteiger partial charge is 0.310 e. The van der Waals surface area contributed by atoms with Crippen LogP contribution in [0.25, 0.3) is 11.4 Å². The fraction of sp³-hybridized carbons (Fsp3) is 0.148. The van der Waals surface area contributed by atoms with E-state index in [-0.39, 0.29) is 18.0 Å². The zero-order chi connectivity index (χ0) is 25.7. The van der Waals surface area contributed by atoms with E-state index in [1.807, 2.05) is 24.3 Å². The first-order valence-corrected chi connectivity index (χ1v) is 13.0. The molecule has 7 nitrogen and oxygen atoms in total. The summed E-state index contributed by atoms with van der Waals surface area (Å²) in [6.45, 7) is 1.77. The highest BCUT2D eigenvalue weighted by atomic mass is 35.5. The van der Waals surface area contributed by atoms with Gasteiger partial charge in [-0.15, -0.1) is 0 Å².